The van der Waals surface area contributed by atoms with Gasteiger partial charge >= 0.3 is 0 Å². The number of rotatable bonds is 6. The Morgan fingerprint density at radius 2 is 1.95 bits per heavy atom. The quantitative estimate of drug-likeness (QED) is 0.831. The molecule has 1 aromatic carbocycles. The molecular weight excluding hydrogens is 276 g/mol. The van der Waals surface area contributed by atoms with Gasteiger partial charge in [-0.15, -0.1) is 0 Å². The van der Waals surface area contributed by atoms with Crippen LogP contribution in [0, 0.1) is 0 Å². The number of anilines is 1. The number of unbranched alkanes of at least 4 members (excludes halogenated alkanes) is 2. The molecule has 0 atom stereocenters. The van der Waals surface area contributed by atoms with E-state index in [1.54, 1.807) is 0 Å². The Hall–Kier alpha value is -1.88. The number of piperazine rings is 1. The Balaban J connectivity index is 1.86. The van der Waals surface area contributed by atoms with Crippen LogP contribution >= 0.6 is 0 Å². The van der Waals surface area contributed by atoms with Crippen molar-refractivity contribution in [2.75, 3.05) is 37.7 Å². The number of hydrogen-bond donors (Lipinski definition) is 1. The van der Waals surface area contributed by atoms with Crippen LogP contribution in [0.3, 0.4) is 0 Å². The van der Waals surface area contributed by atoms with Gasteiger partial charge in [-0.25, -0.2) is 4.98 Å². The van der Waals surface area contributed by atoms with Gasteiger partial charge in [0.15, 0.2) is 0 Å². The summed E-state index contributed by atoms with van der Waals surface area (Å²) in [6, 6.07) is 8.08. The van der Waals surface area contributed by atoms with Crippen molar-refractivity contribution >= 4 is 16.9 Å². The topological polar surface area (TPSA) is 50.3 Å². The van der Waals surface area contributed by atoms with E-state index in [1.165, 1.54) is 12.8 Å². The van der Waals surface area contributed by atoms with E-state index in [9.17, 15) is 0 Å². The third kappa shape index (κ3) is 3.47. The monoisotopic (exact) mass is 300 g/mol. The molecule has 0 aliphatic carbocycles. The second-order valence-electron chi connectivity index (χ2n) is 5.64. The Morgan fingerprint density at radius 1 is 1.14 bits per heavy atom. The zero-order chi connectivity index (χ0) is 15.2. The first-order valence-electron chi connectivity index (χ1n) is 8.23. The summed E-state index contributed by atoms with van der Waals surface area (Å²) < 4.78 is 5.96. The molecule has 0 radical (unpaired) electrons. The summed E-state index contributed by atoms with van der Waals surface area (Å²) in [6.45, 7) is 6.74. The van der Waals surface area contributed by atoms with E-state index in [0.29, 0.717) is 0 Å². The van der Waals surface area contributed by atoms with Crippen LogP contribution in [0.5, 0.6) is 5.88 Å². The largest absolute Gasteiger partial charge is 0.477 e. The number of ether oxygens (including phenoxy) is 1. The van der Waals surface area contributed by atoms with Gasteiger partial charge in [0.2, 0.25) is 11.8 Å². The van der Waals surface area contributed by atoms with Crippen LogP contribution in [0.25, 0.3) is 10.9 Å². The number of nitrogens with one attached hydrogen (secondary N) is 1. The third-order valence-corrected chi connectivity index (χ3v) is 3.94. The second-order valence-corrected chi connectivity index (χ2v) is 5.64. The summed E-state index contributed by atoms with van der Waals surface area (Å²) in [4.78, 5) is 11.6. The van der Waals surface area contributed by atoms with Crippen LogP contribution in [-0.4, -0.2) is 42.8 Å². The predicted molar refractivity (Wildman–Crippen MR) is 89.6 cm³/mol. The van der Waals surface area contributed by atoms with Crippen LogP contribution in [0.4, 0.5) is 5.95 Å². The molecule has 1 N–H and O–H groups in total. The molecule has 0 saturated carbocycles. The summed E-state index contributed by atoms with van der Waals surface area (Å²) in [5, 5.41) is 4.35. The Labute approximate surface area is 131 Å². The van der Waals surface area contributed by atoms with Gasteiger partial charge in [-0.1, -0.05) is 31.9 Å². The number of nitrogens with zero attached hydrogens (tertiary/aromatic N) is 3. The lowest BCUT2D eigenvalue weighted by Crippen LogP contribution is -2.44. The first-order valence-corrected chi connectivity index (χ1v) is 8.23. The number of benzene rings is 1. The van der Waals surface area contributed by atoms with Crippen LogP contribution < -0.4 is 15.0 Å². The smallest absolute Gasteiger partial charge is 0.229 e. The second kappa shape index (κ2) is 7.40. The van der Waals surface area contributed by atoms with Crippen LogP contribution in [0.1, 0.15) is 26.2 Å². The average Bonchev–Trinajstić information content (AvgIpc) is 2.59. The SMILES string of the molecule is CCCCCOc1nc(N2CCNCC2)nc2ccccc12. The molecule has 1 aromatic heterocycles. The molecule has 0 spiro atoms. The number of aromatic nitrogens is 2. The highest BCUT2D eigenvalue weighted by Crippen LogP contribution is 2.25. The van der Waals surface area contributed by atoms with Crippen molar-refractivity contribution in [2.24, 2.45) is 0 Å². The molecular formula is C17H24N4O. The highest BCUT2D eigenvalue weighted by molar-refractivity contribution is 5.84. The van der Waals surface area contributed by atoms with Gasteiger partial charge in [0.05, 0.1) is 17.5 Å². The van der Waals surface area contributed by atoms with Crippen molar-refractivity contribution in [3.05, 3.63) is 24.3 Å². The molecule has 1 saturated heterocycles. The van der Waals surface area contributed by atoms with Crippen LogP contribution in [-0.2, 0) is 0 Å². The minimum absolute atomic E-state index is 0.718. The van der Waals surface area contributed by atoms with Gasteiger partial charge in [0.1, 0.15) is 0 Å². The summed E-state index contributed by atoms with van der Waals surface area (Å²) in [6.07, 6.45) is 3.45. The minimum Gasteiger partial charge on any atom is -0.477 e. The van der Waals surface area contributed by atoms with Gasteiger partial charge in [-0.2, -0.15) is 4.98 Å². The van der Waals surface area contributed by atoms with E-state index in [4.69, 9.17) is 9.72 Å². The Kier molecular flexibility index (Phi) is 5.06. The van der Waals surface area contributed by atoms with Gasteiger partial charge in [-0.05, 0) is 18.6 Å². The molecule has 0 bridgehead atoms. The first kappa shape index (κ1) is 15.0. The molecule has 5 nitrogen and oxygen atoms in total. The lowest BCUT2D eigenvalue weighted by molar-refractivity contribution is 0.298. The highest BCUT2D eigenvalue weighted by Gasteiger charge is 2.16. The Bertz CT molecular complexity index is 611. The van der Waals surface area contributed by atoms with Crippen LogP contribution in [0.15, 0.2) is 24.3 Å². The molecule has 2 aromatic rings. The van der Waals surface area contributed by atoms with E-state index in [1.807, 2.05) is 24.3 Å². The lowest BCUT2D eigenvalue weighted by atomic mass is 10.2. The summed E-state index contributed by atoms with van der Waals surface area (Å²) in [5.41, 5.74) is 0.955. The molecule has 1 aliphatic heterocycles. The van der Waals surface area contributed by atoms with E-state index < -0.39 is 0 Å². The van der Waals surface area contributed by atoms with E-state index >= 15 is 0 Å². The maximum atomic E-state index is 5.96. The molecule has 0 unspecified atom stereocenters. The molecule has 3 rings (SSSR count). The molecule has 5 heteroatoms. The molecule has 1 fully saturated rings. The van der Waals surface area contributed by atoms with Gasteiger partial charge in [0.25, 0.3) is 0 Å². The highest BCUT2D eigenvalue weighted by atomic mass is 16.5. The van der Waals surface area contributed by atoms with Crippen molar-refractivity contribution in [1.82, 2.24) is 15.3 Å². The predicted octanol–water partition coefficient (Wildman–Crippen LogP) is 2.61. The Morgan fingerprint density at radius 3 is 2.77 bits per heavy atom. The van der Waals surface area contributed by atoms with Crippen molar-refractivity contribution in [3.63, 3.8) is 0 Å². The number of hydrogen-bond acceptors (Lipinski definition) is 5. The normalized spacial score (nSPS) is 15.2. The van der Waals surface area contributed by atoms with Gasteiger partial charge in [0, 0.05) is 26.2 Å². The first-order chi connectivity index (χ1) is 10.9. The standard InChI is InChI=1S/C17H24N4O/c1-2-3-6-13-22-16-14-7-4-5-8-15(14)19-17(20-16)21-11-9-18-10-12-21/h4-5,7-8,18H,2-3,6,9-13H2,1H3. The van der Waals surface area contributed by atoms with Crippen molar-refractivity contribution in [1.29, 1.82) is 0 Å². The maximum absolute atomic E-state index is 5.96. The van der Waals surface area contributed by atoms with Crippen molar-refractivity contribution in [3.8, 4) is 5.88 Å². The average molecular weight is 300 g/mol. The zero-order valence-electron chi connectivity index (χ0n) is 13.2. The van der Waals surface area contributed by atoms with E-state index in [2.05, 4.69) is 22.1 Å². The van der Waals surface area contributed by atoms with Gasteiger partial charge in [-0.3, -0.25) is 0 Å². The lowest BCUT2D eigenvalue weighted by Gasteiger charge is -2.27. The molecule has 0 amide bonds. The summed E-state index contributed by atoms with van der Waals surface area (Å²) in [7, 11) is 0. The van der Waals surface area contributed by atoms with E-state index in [-0.39, 0.29) is 0 Å². The third-order valence-electron chi connectivity index (χ3n) is 3.94. The van der Waals surface area contributed by atoms with Crippen molar-refractivity contribution < 1.29 is 4.74 Å². The van der Waals surface area contributed by atoms with Crippen LogP contribution in [0.2, 0.25) is 0 Å². The number of para-hydroxylation sites is 1. The maximum Gasteiger partial charge on any atom is 0.229 e. The number of fused-ring (bicyclic) bond motifs is 1. The fourth-order valence-electron chi connectivity index (χ4n) is 2.67. The zero-order valence-corrected chi connectivity index (χ0v) is 13.2. The van der Waals surface area contributed by atoms with Gasteiger partial charge < -0.3 is 15.0 Å². The molecule has 1 aliphatic rings. The molecule has 118 valence electrons. The summed E-state index contributed by atoms with van der Waals surface area (Å²) >= 11 is 0. The molecule has 2 heterocycles. The van der Waals surface area contributed by atoms with Crippen molar-refractivity contribution in [2.45, 2.75) is 26.2 Å². The molecule has 22 heavy (non-hydrogen) atoms. The van der Waals surface area contributed by atoms with E-state index in [0.717, 1.165) is 61.9 Å². The minimum atomic E-state index is 0.718. The fraction of sp³-hybridized carbons (Fsp3) is 0.529. The fourth-order valence-corrected chi connectivity index (χ4v) is 2.67. The summed E-state index contributed by atoms with van der Waals surface area (Å²) in [5.74, 6) is 1.50.